The van der Waals surface area contributed by atoms with Crippen molar-refractivity contribution in [2.75, 3.05) is 0 Å². The van der Waals surface area contributed by atoms with Crippen molar-refractivity contribution in [2.24, 2.45) is 9.98 Å². The molecule has 0 spiro atoms. The topological polar surface area (TPSA) is 24.7 Å². The van der Waals surface area contributed by atoms with Crippen molar-refractivity contribution < 1.29 is 0 Å². The number of rotatable bonds is 3. The first-order valence-electron chi connectivity index (χ1n) is 8.35. The van der Waals surface area contributed by atoms with Crippen LogP contribution in [0.25, 0.3) is 20.9 Å². The summed E-state index contributed by atoms with van der Waals surface area (Å²) in [6.45, 7) is 5.91. The molecule has 3 heteroatoms. The zero-order chi connectivity index (χ0) is 17.2. The van der Waals surface area contributed by atoms with Crippen LogP contribution in [-0.4, -0.2) is 12.6 Å². The first kappa shape index (κ1) is 15.7. The lowest BCUT2D eigenvalue weighted by Gasteiger charge is -2.04. The van der Waals surface area contributed by atoms with Crippen molar-refractivity contribution in [1.29, 1.82) is 0 Å². The van der Waals surface area contributed by atoms with E-state index in [1.807, 2.05) is 41.7 Å². The lowest BCUT2D eigenvalue weighted by molar-refractivity contribution is 1.18. The molecule has 0 amide bonds. The Hall–Kier alpha value is -2.78. The van der Waals surface area contributed by atoms with E-state index >= 15 is 0 Å². The van der Waals surface area contributed by atoms with Crippen LogP contribution in [0.2, 0.25) is 0 Å². The normalized spacial score (nSPS) is 12.0. The molecule has 0 aliphatic carbocycles. The van der Waals surface area contributed by atoms with Crippen molar-refractivity contribution in [3.8, 4) is 0 Å². The van der Waals surface area contributed by atoms with Gasteiger partial charge in [-0.15, -0.1) is 11.3 Å². The number of aryl methyl sites for hydroxylation is 1. The molecular weight excluding hydrogens is 324 g/mol. The molecule has 0 aliphatic rings. The highest BCUT2D eigenvalue weighted by molar-refractivity contribution is 7.20. The van der Waals surface area contributed by atoms with E-state index in [0.717, 1.165) is 17.7 Å². The van der Waals surface area contributed by atoms with E-state index in [0.29, 0.717) is 5.84 Å². The van der Waals surface area contributed by atoms with Gasteiger partial charge in [0, 0.05) is 20.5 Å². The maximum Gasteiger partial charge on any atom is 0.159 e. The Morgan fingerprint density at radius 3 is 2.48 bits per heavy atom. The summed E-state index contributed by atoms with van der Waals surface area (Å²) in [5.41, 5.74) is 2.02. The molecule has 0 fully saturated rings. The molecule has 0 saturated carbocycles. The highest BCUT2D eigenvalue weighted by Gasteiger charge is 2.14. The van der Waals surface area contributed by atoms with Gasteiger partial charge in [-0.05, 0) is 30.0 Å². The maximum absolute atomic E-state index is 4.95. The zero-order valence-electron chi connectivity index (χ0n) is 14.1. The number of fused-ring (bicyclic) bond motifs is 3. The Kier molecular flexibility index (Phi) is 4.16. The lowest BCUT2D eigenvalue weighted by atomic mass is 10.1. The predicted octanol–water partition coefficient (Wildman–Crippen LogP) is 6.40. The van der Waals surface area contributed by atoms with E-state index in [2.05, 4.69) is 55.0 Å². The number of hydrogen-bond donors (Lipinski definition) is 0. The molecule has 3 aromatic carbocycles. The fourth-order valence-electron chi connectivity index (χ4n) is 3.14. The minimum Gasteiger partial charge on any atom is -0.245 e. The molecular formula is C22H18N2S. The summed E-state index contributed by atoms with van der Waals surface area (Å²) in [6, 6.07) is 22.9. The van der Waals surface area contributed by atoms with Gasteiger partial charge in [0.1, 0.15) is 0 Å². The van der Waals surface area contributed by atoms with Crippen molar-refractivity contribution in [1.82, 2.24) is 0 Å². The van der Waals surface area contributed by atoms with Crippen LogP contribution in [0.3, 0.4) is 0 Å². The smallest absolute Gasteiger partial charge is 0.159 e. The van der Waals surface area contributed by atoms with Crippen molar-refractivity contribution in [2.45, 2.75) is 13.3 Å². The quantitative estimate of drug-likeness (QED) is 0.304. The monoisotopic (exact) mass is 342 g/mol. The van der Waals surface area contributed by atoms with E-state index in [4.69, 9.17) is 4.99 Å². The van der Waals surface area contributed by atoms with Crippen molar-refractivity contribution in [3.05, 3.63) is 77.2 Å². The number of hydrogen-bond acceptors (Lipinski definition) is 2. The van der Waals surface area contributed by atoms with Gasteiger partial charge in [-0.1, -0.05) is 67.6 Å². The fraction of sp³-hybridized carbons (Fsp3) is 0.0909. The number of benzene rings is 3. The summed E-state index contributed by atoms with van der Waals surface area (Å²) in [5.74, 6) is 0.669. The number of amidine groups is 1. The predicted molar refractivity (Wildman–Crippen MR) is 111 cm³/mol. The van der Waals surface area contributed by atoms with Gasteiger partial charge in [-0.2, -0.15) is 0 Å². The third kappa shape index (κ3) is 2.77. The minimum atomic E-state index is 0.669. The van der Waals surface area contributed by atoms with Gasteiger partial charge in [-0.3, -0.25) is 0 Å². The summed E-state index contributed by atoms with van der Waals surface area (Å²) in [7, 11) is 0. The molecule has 0 unspecified atom stereocenters. The average Bonchev–Trinajstić information content (AvgIpc) is 3.04. The van der Waals surface area contributed by atoms with Gasteiger partial charge >= 0.3 is 0 Å². The van der Waals surface area contributed by atoms with Crippen molar-refractivity contribution >= 4 is 50.4 Å². The van der Waals surface area contributed by atoms with Gasteiger partial charge in [0.25, 0.3) is 0 Å². The standard InChI is InChI=1S/C22H18N2S/c1-3-18-21(24-22(23-2)16-10-5-4-6-11-16)20-17-12-8-7-9-15(17)13-14-19(20)25-18/h4-14H,2-3H2,1H3/b24-22-. The van der Waals surface area contributed by atoms with Crippen LogP contribution in [0.1, 0.15) is 17.4 Å². The van der Waals surface area contributed by atoms with Crippen LogP contribution in [0.15, 0.2) is 76.7 Å². The summed E-state index contributed by atoms with van der Waals surface area (Å²) in [5, 5.41) is 3.70. The van der Waals surface area contributed by atoms with E-state index in [9.17, 15) is 0 Å². The van der Waals surface area contributed by atoms with Crippen LogP contribution in [0, 0.1) is 0 Å². The fourth-order valence-corrected chi connectivity index (χ4v) is 4.24. The Labute approximate surface area is 151 Å². The summed E-state index contributed by atoms with van der Waals surface area (Å²) < 4.78 is 1.27. The molecule has 122 valence electrons. The van der Waals surface area contributed by atoms with Gasteiger partial charge in [0.2, 0.25) is 0 Å². The molecule has 0 radical (unpaired) electrons. The second kappa shape index (κ2) is 6.61. The lowest BCUT2D eigenvalue weighted by Crippen LogP contribution is -1.95. The van der Waals surface area contributed by atoms with E-state index in [-0.39, 0.29) is 0 Å². The summed E-state index contributed by atoms with van der Waals surface area (Å²) in [6.07, 6.45) is 0.950. The van der Waals surface area contributed by atoms with Gasteiger partial charge in [0.15, 0.2) is 5.84 Å². The number of aliphatic imine (C=N–C) groups is 2. The minimum absolute atomic E-state index is 0.669. The molecule has 0 saturated heterocycles. The molecule has 0 bridgehead atoms. The SMILES string of the molecule is C=N/C(=N\c1c(CC)sc2ccc3ccccc3c12)c1ccccc1. The third-order valence-corrected chi connectivity index (χ3v) is 5.63. The Morgan fingerprint density at radius 2 is 1.72 bits per heavy atom. The molecule has 2 nitrogen and oxygen atoms in total. The first-order valence-corrected chi connectivity index (χ1v) is 9.17. The molecule has 25 heavy (non-hydrogen) atoms. The zero-order valence-corrected chi connectivity index (χ0v) is 14.9. The van der Waals surface area contributed by atoms with Crippen LogP contribution >= 0.6 is 11.3 Å². The molecule has 0 N–H and O–H groups in total. The summed E-state index contributed by atoms with van der Waals surface area (Å²) in [4.78, 5) is 10.4. The van der Waals surface area contributed by atoms with E-state index in [1.54, 1.807) is 0 Å². The molecule has 4 rings (SSSR count). The van der Waals surface area contributed by atoms with Gasteiger partial charge < -0.3 is 0 Å². The highest BCUT2D eigenvalue weighted by atomic mass is 32.1. The second-order valence-corrected chi connectivity index (χ2v) is 6.98. The van der Waals surface area contributed by atoms with Crippen LogP contribution in [0.5, 0.6) is 0 Å². The first-order chi connectivity index (χ1) is 12.3. The number of thiophene rings is 1. The van der Waals surface area contributed by atoms with Crippen LogP contribution in [-0.2, 0) is 6.42 Å². The van der Waals surface area contributed by atoms with Crippen LogP contribution in [0.4, 0.5) is 5.69 Å². The summed E-state index contributed by atoms with van der Waals surface area (Å²) >= 11 is 1.82. The highest BCUT2D eigenvalue weighted by Crippen LogP contribution is 2.42. The maximum atomic E-state index is 4.95. The molecule has 0 atom stereocenters. The van der Waals surface area contributed by atoms with E-state index < -0.39 is 0 Å². The largest absolute Gasteiger partial charge is 0.245 e. The Bertz CT molecular complexity index is 1090. The average molecular weight is 342 g/mol. The Morgan fingerprint density at radius 1 is 0.960 bits per heavy atom. The molecule has 1 aromatic heterocycles. The van der Waals surface area contributed by atoms with E-state index in [1.165, 1.54) is 25.7 Å². The van der Waals surface area contributed by atoms with Crippen LogP contribution < -0.4 is 0 Å². The second-order valence-electron chi connectivity index (χ2n) is 5.85. The molecule has 0 aliphatic heterocycles. The molecule has 1 heterocycles. The number of nitrogens with zero attached hydrogens (tertiary/aromatic N) is 2. The van der Waals surface area contributed by atoms with Crippen molar-refractivity contribution in [3.63, 3.8) is 0 Å². The molecule has 4 aromatic rings. The van der Waals surface area contributed by atoms with Gasteiger partial charge in [-0.25, -0.2) is 9.98 Å². The third-order valence-electron chi connectivity index (χ3n) is 4.35. The Balaban J connectivity index is 2.04. The van der Waals surface area contributed by atoms with Gasteiger partial charge in [0.05, 0.1) is 5.69 Å².